The van der Waals surface area contributed by atoms with Gasteiger partial charge < -0.3 is 10.2 Å². The van der Waals surface area contributed by atoms with Gasteiger partial charge in [-0.05, 0) is 42.5 Å². The second-order valence-electron chi connectivity index (χ2n) is 7.99. The molecule has 0 aliphatic carbocycles. The van der Waals surface area contributed by atoms with Gasteiger partial charge in [0, 0.05) is 23.1 Å². The molecule has 0 spiro atoms. The molecule has 162 valence electrons. The average molecular weight is 449 g/mol. The molecule has 1 unspecified atom stereocenters. The van der Waals surface area contributed by atoms with E-state index < -0.39 is 6.04 Å². The van der Waals surface area contributed by atoms with Gasteiger partial charge in [-0.15, -0.1) is 0 Å². The maximum Gasteiger partial charge on any atom is 0.242 e. The summed E-state index contributed by atoms with van der Waals surface area (Å²) >= 11 is 12.4. The van der Waals surface area contributed by atoms with E-state index >= 15 is 0 Å². The second-order valence-corrected chi connectivity index (χ2v) is 8.83. The predicted molar refractivity (Wildman–Crippen MR) is 124 cm³/mol. The van der Waals surface area contributed by atoms with Gasteiger partial charge in [0.2, 0.25) is 11.8 Å². The van der Waals surface area contributed by atoms with Crippen molar-refractivity contribution >= 4 is 35.0 Å². The van der Waals surface area contributed by atoms with E-state index in [4.69, 9.17) is 23.2 Å². The molecule has 30 heavy (non-hydrogen) atoms. The highest BCUT2D eigenvalue weighted by Crippen LogP contribution is 2.24. The Morgan fingerprint density at radius 1 is 1.10 bits per heavy atom. The molecular formula is C24H30Cl2N2O2. The normalized spacial score (nSPS) is 12.0. The molecule has 0 aromatic heterocycles. The number of carbonyl (C=O) groups is 2. The molecule has 4 nitrogen and oxygen atoms in total. The highest BCUT2D eigenvalue weighted by molar-refractivity contribution is 6.35. The number of nitrogens with zero attached hydrogens (tertiary/aromatic N) is 1. The molecule has 0 saturated heterocycles. The highest BCUT2D eigenvalue weighted by atomic mass is 35.5. The van der Waals surface area contributed by atoms with Gasteiger partial charge in [0.15, 0.2) is 0 Å². The molecule has 0 aliphatic heterocycles. The summed E-state index contributed by atoms with van der Waals surface area (Å²) in [6.45, 7) is 8.79. The van der Waals surface area contributed by atoms with Gasteiger partial charge in [0.05, 0.1) is 6.42 Å². The zero-order valence-corrected chi connectivity index (χ0v) is 19.6. The molecule has 1 atom stereocenters. The summed E-state index contributed by atoms with van der Waals surface area (Å²) in [5, 5.41) is 3.97. The lowest BCUT2D eigenvalue weighted by molar-refractivity contribution is -0.141. The van der Waals surface area contributed by atoms with Gasteiger partial charge in [-0.3, -0.25) is 9.59 Å². The van der Waals surface area contributed by atoms with Crippen molar-refractivity contribution < 1.29 is 9.59 Å². The SMILES string of the molecule is CCC(C(=O)NCC(C)C)N(Cc1ccc(Cl)cc1Cl)C(=O)Cc1cccc(C)c1. The van der Waals surface area contributed by atoms with Crippen LogP contribution in [0.4, 0.5) is 0 Å². The fourth-order valence-electron chi connectivity index (χ4n) is 3.27. The average Bonchev–Trinajstić information content (AvgIpc) is 2.67. The van der Waals surface area contributed by atoms with Crippen LogP contribution in [-0.2, 0) is 22.6 Å². The van der Waals surface area contributed by atoms with Crippen molar-refractivity contribution in [3.05, 3.63) is 69.2 Å². The van der Waals surface area contributed by atoms with E-state index in [2.05, 4.69) is 5.32 Å². The van der Waals surface area contributed by atoms with Crippen molar-refractivity contribution in [2.45, 2.75) is 53.1 Å². The number of hydrogen-bond donors (Lipinski definition) is 1. The van der Waals surface area contributed by atoms with Crippen molar-refractivity contribution in [1.82, 2.24) is 10.2 Å². The standard InChI is InChI=1S/C24H30Cl2N2O2/c1-5-22(24(30)27-14-16(2)3)28(15-19-9-10-20(25)13-21(19)26)23(29)12-18-8-6-7-17(4)11-18/h6-11,13,16,22H,5,12,14-15H2,1-4H3,(H,27,30). The van der Waals surface area contributed by atoms with Crippen LogP contribution in [0.1, 0.15) is 43.9 Å². The van der Waals surface area contributed by atoms with Crippen LogP contribution in [0, 0.1) is 12.8 Å². The molecule has 2 rings (SSSR count). The third-order valence-electron chi connectivity index (χ3n) is 4.86. The zero-order valence-electron chi connectivity index (χ0n) is 18.0. The van der Waals surface area contributed by atoms with Crippen LogP contribution in [0.3, 0.4) is 0 Å². The minimum absolute atomic E-state index is 0.113. The first-order valence-corrected chi connectivity index (χ1v) is 11.0. The van der Waals surface area contributed by atoms with Crippen LogP contribution in [0.15, 0.2) is 42.5 Å². The lowest BCUT2D eigenvalue weighted by Crippen LogP contribution is -2.50. The fourth-order valence-corrected chi connectivity index (χ4v) is 3.74. The quantitative estimate of drug-likeness (QED) is 0.556. The number of aryl methyl sites for hydroxylation is 1. The monoisotopic (exact) mass is 448 g/mol. The fraction of sp³-hybridized carbons (Fsp3) is 0.417. The molecule has 0 fully saturated rings. The minimum atomic E-state index is -0.576. The molecule has 0 radical (unpaired) electrons. The summed E-state index contributed by atoms with van der Waals surface area (Å²) in [4.78, 5) is 27.9. The Labute approximate surface area is 189 Å². The molecular weight excluding hydrogens is 419 g/mol. The van der Waals surface area contributed by atoms with Crippen LogP contribution in [0.5, 0.6) is 0 Å². The molecule has 6 heteroatoms. The van der Waals surface area contributed by atoms with E-state index in [1.54, 1.807) is 23.1 Å². The van der Waals surface area contributed by atoms with Gasteiger partial charge in [0.25, 0.3) is 0 Å². The van der Waals surface area contributed by atoms with Crippen molar-refractivity contribution in [3.63, 3.8) is 0 Å². The number of benzene rings is 2. The third-order valence-corrected chi connectivity index (χ3v) is 5.45. The summed E-state index contributed by atoms with van der Waals surface area (Å²) in [5.74, 6) is 0.0700. The molecule has 0 aliphatic rings. The first-order chi connectivity index (χ1) is 14.2. The Balaban J connectivity index is 2.31. The largest absolute Gasteiger partial charge is 0.354 e. The number of nitrogens with one attached hydrogen (secondary N) is 1. The van der Waals surface area contributed by atoms with Gasteiger partial charge in [-0.2, -0.15) is 0 Å². The molecule has 2 aromatic rings. The maximum atomic E-state index is 13.3. The van der Waals surface area contributed by atoms with Crippen LogP contribution in [0.25, 0.3) is 0 Å². The third kappa shape index (κ3) is 7.03. The Morgan fingerprint density at radius 3 is 2.43 bits per heavy atom. The Morgan fingerprint density at radius 2 is 1.83 bits per heavy atom. The van der Waals surface area contributed by atoms with Crippen LogP contribution in [-0.4, -0.2) is 29.3 Å². The smallest absolute Gasteiger partial charge is 0.242 e. The topological polar surface area (TPSA) is 49.4 Å². The van der Waals surface area contributed by atoms with Crippen LogP contribution in [0.2, 0.25) is 10.0 Å². The number of hydrogen-bond acceptors (Lipinski definition) is 2. The molecule has 0 bridgehead atoms. The molecule has 0 saturated carbocycles. The van der Waals surface area contributed by atoms with E-state index in [-0.39, 0.29) is 24.8 Å². The van der Waals surface area contributed by atoms with Crippen molar-refractivity contribution in [2.75, 3.05) is 6.54 Å². The first kappa shape index (κ1) is 24.2. The van der Waals surface area contributed by atoms with Gasteiger partial charge in [-0.25, -0.2) is 0 Å². The summed E-state index contributed by atoms with van der Waals surface area (Å²) < 4.78 is 0. The number of amides is 2. The minimum Gasteiger partial charge on any atom is -0.354 e. The summed E-state index contributed by atoms with van der Waals surface area (Å²) in [7, 11) is 0. The number of halogens is 2. The lowest BCUT2D eigenvalue weighted by atomic mass is 10.0. The van der Waals surface area contributed by atoms with Crippen molar-refractivity contribution in [1.29, 1.82) is 0 Å². The summed E-state index contributed by atoms with van der Waals surface area (Å²) in [6, 6.07) is 12.5. The van der Waals surface area contributed by atoms with E-state index in [9.17, 15) is 9.59 Å². The van der Waals surface area contributed by atoms with E-state index in [1.165, 1.54) is 0 Å². The molecule has 0 heterocycles. The Kier molecular flexibility index (Phi) is 9.19. The van der Waals surface area contributed by atoms with Crippen molar-refractivity contribution in [2.24, 2.45) is 5.92 Å². The van der Waals surface area contributed by atoms with E-state index in [0.29, 0.717) is 28.9 Å². The molecule has 2 amide bonds. The van der Waals surface area contributed by atoms with Gasteiger partial charge in [-0.1, -0.05) is 79.9 Å². The molecule has 1 N–H and O–H groups in total. The van der Waals surface area contributed by atoms with Crippen LogP contribution < -0.4 is 5.32 Å². The molecule has 2 aromatic carbocycles. The summed E-state index contributed by atoms with van der Waals surface area (Å²) in [6.07, 6.45) is 0.732. The second kappa shape index (κ2) is 11.4. The van der Waals surface area contributed by atoms with Gasteiger partial charge in [0.1, 0.15) is 6.04 Å². The van der Waals surface area contributed by atoms with E-state index in [0.717, 1.165) is 16.7 Å². The summed E-state index contributed by atoms with van der Waals surface area (Å²) in [5.41, 5.74) is 2.77. The maximum absolute atomic E-state index is 13.3. The van der Waals surface area contributed by atoms with E-state index in [1.807, 2.05) is 52.0 Å². The predicted octanol–water partition coefficient (Wildman–Crippen LogP) is 5.42. The number of rotatable bonds is 9. The lowest BCUT2D eigenvalue weighted by Gasteiger charge is -2.31. The first-order valence-electron chi connectivity index (χ1n) is 10.3. The number of carbonyl (C=O) groups excluding carboxylic acids is 2. The van der Waals surface area contributed by atoms with Crippen LogP contribution >= 0.6 is 23.2 Å². The zero-order chi connectivity index (χ0) is 22.3. The van der Waals surface area contributed by atoms with Crippen molar-refractivity contribution in [3.8, 4) is 0 Å². The Bertz CT molecular complexity index is 883. The highest BCUT2D eigenvalue weighted by Gasteiger charge is 2.29. The Hall–Kier alpha value is -2.04. The van der Waals surface area contributed by atoms with Gasteiger partial charge >= 0.3 is 0 Å².